The molecule has 0 saturated heterocycles. The van der Waals surface area contributed by atoms with Crippen LogP contribution in [0.2, 0.25) is 0 Å². The van der Waals surface area contributed by atoms with E-state index in [-0.39, 0.29) is 17.2 Å². The lowest BCUT2D eigenvalue weighted by Gasteiger charge is -2.08. The highest BCUT2D eigenvalue weighted by atomic mass is 16.5. The van der Waals surface area contributed by atoms with Crippen LogP contribution in [-0.4, -0.2) is 37.8 Å². The van der Waals surface area contributed by atoms with Gasteiger partial charge < -0.3 is 20.5 Å². The first-order valence-corrected chi connectivity index (χ1v) is 5.55. The quantitative estimate of drug-likeness (QED) is 0.639. The van der Waals surface area contributed by atoms with Crippen LogP contribution in [-0.2, 0) is 0 Å². The predicted molar refractivity (Wildman–Crippen MR) is 65.5 cm³/mol. The van der Waals surface area contributed by atoms with Crippen LogP contribution in [0.4, 0.5) is 0 Å². The molecule has 5 heteroatoms. The summed E-state index contributed by atoms with van der Waals surface area (Å²) >= 11 is 0. The molecule has 3 N–H and O–H groups in total. The number of ether oxygens (including phenoxy) is 1. The number of phenols is 1. The van der Waals surface area contributed by atoms with E-state index < -0.39 is 0 Å². The molecule has 0 spiro atoms. The number of methoxy groups -OCH3 is 1. The number of rotatable bonds is 6. The third kappa shape index (κ3) is 3.96. The lowest BCUT2D eigenvalue weighted by Crippen LogP contribution is -2.31. The van der Waals surface area contributed by atoms with Crippen LogP contribution in [0, 0.1) is 0 Å². The number of hydrogen-bond donors (Lipinski definition) is 3. The van der Waals surface area contributed by atoms with Crippen LogP contribution in [0.25, 0.3) is 0 Å². The molecule has 0 bridgehead atoms. The summed E-state index contributed by atoms with van der Waals surface area (Å²) in [6.07, 6.45) is 0. The van der Waals surface area contributed by atoms with Gasteiger partial charge in [-0.2, -0.15) is 0 Å². The molecule has 5 nitrogen and oxygen atoms in total. The summed E-state index contributed by atoms with van der Waals surface area (Å²) in [5, 5.41) is 15.4. The number of aromatic hydroxyl groups is 1. The minimum absolute atomic E-state index is 0.0784. The molecule has 0 radical (unpaired) electrons. The second-order valence-corrected chi connectivity index (χ2v) is 3.49. The standard InChI is InChI=1S/C12H18N2O3/c1-3-13-6-7-14-12(16)10-5-4-9(17-2)8-11(10)15/h4-5,8,13,15H,3,6-7H2,1-2H3,(H,14,16). The van der Waals surface area contributed by atoms with Crippen molar-refractivity contribution in [3.63, 3.8) is 0 Å². The van der Waals surface area contributed by atoms with Crippen molar-refractivity contribution in [2.45, 2.75) is 6.92 Å². The number of likely N-dealkylation sites (N-methyl/N-ethyl adjacent to an activating group) is 1. The van der Waals surface area contributed by atoms with Gasteiger partial charge in [0.2, 0.25) is 0 Å². The van der Waals surface area contributed by atoms with Gasteiger partial charge in [-0.15, -0.1) is 0 Å². The Balaban J connectivity index is 2.57. The van der Waals surface area contributed by atoms with Crippen molar-refractivity contribution in [2.75, 3.05) is 26.7 Å². The van der Waals surface area contributed by atoms with Gasteiger partial charge in [-0.1, -0.05) is 6.92 Å². The van der Waals surface area contributed by atoms with Crippen molar-refractivity contribution in [3.05, 3.63) is 23.8 Å². The largest absolute Gasteiger partial charge is 0.507 e. The minimum Gasteiger partial charge on any atom is -0.507 e. The number of phenolic OH excluding ortho intramolecular Hbond substituents is 1. The number of amides is 1. The van der Waals surface area contributed by atoms with Crippen LogP contribution in [0.3, 0.4) is 0 Å². The molecular weight excluding hydrogens is 220 g/mol. The van der Waals surface area contributed by atoms with E-state index in [0.717, 1.165) is 6.54 Å². The van der Waals surface area contributed by atoms with E-state index in [9.17, 15) is 9.90 Å². The second kappa shape index (κ2) is 6.75. The topological polar surface area (TPSA) is 70.6 Å². The Kier molecular flexibility index (Phi) is 5.29. The molecule has 1 rings (SSSR count). The maximum atomic E-state index is 11.7. The molecule has 0 aliphatic carbocycles. The van der Waals surface area contributed by atoms with E-state index in [4.69, 9.17) is 4.74 Å². The van der Waals surface area contributed by atoms with E-state index in [0.29, 0.717) is 18.8 Å². The Morgan fingerprint density at radius 3 is 2.76 bits per heavy atom. The average Bonchev–Trinajstić information content (AvgIpc) is 2.34. The van der Waals surface area contributed by atoms with Crippen molar-refractivity contribution in [1.29, 1.82) is 0 Å². The monoisotopic (exact) mass is 238 g/mol. The van der Waals surface area contributed by atoms with Gasteiger partial charge in [0.25, 0.3) is 5.91 Å². The van der Waals surface area contributed by atoms with Gasteiger partial charge in [0.15, 0.2) is 0 Å². The van der Waals surface area contributed by atoms with Crippen LogP contribution >= 0.6 is 0 Å². The number of carbonyl (C=O) groups is 1. The van der Waals surface area contributed by atoms with Crippen LogP contribution in [0.5, 0.6) is 11.5 Å². The first kappa shape index (κ1) is 13.3. The van der Waals surface area contributed by atoms with Gasteiger partial charge in [-0.25, -0.2) is 0 Å². The first-order valence-electron chi connectivity index (χ1n) is 5.55. The predicted octanol–water partition coefficient (Wildman–Crippen LogP) is 0.740. The second-order valence-electron chi connectivity index (χ2n) is 3.49. The maximum Gasteiger partial charge on any atom is 0.255 e. The molecule has 0 aromatic heterocycles. The Labute approximate surface area is 101 Å². The summed E-state index contributed by atoms with van der Waals surface area (Å²) in [4.78, 5) is 11.7. The average molecular weight is 238 g/mol. The van der Waals surface area contributed by atoms with E-state index >= 15 is 0 Å². The van der Waals surface area contributed by atoms with E-state index in [1.807, 2.05) is 6.92 Å². The molecule has 1 aromatic carbocycles. The molecular formula is C12H18N2O3. The highest BCUT2D eigenvalue weighted by Crippen LogP contribution is 2.22. The lowest BCUT2D eigenvalue weighted by molar-refractivity contribution is 0.0951. The van der Waals surface area contributed by atoms with Gasteiger partial charge in [0.1, 0.15) is 11.5 Å². The van der Waals surface area contributed by atoms with Crippen LogP contribution in [0.15, 0.2) is 18.2 Å². The van der Waals surface area contributed by atoms with E-state index in [2.05, 4.69) is 10.6 Å². The minimum atomic E-state index is -0.289. The number of benzene rings is 1. The maximum absolute atomic E-state index is 11.7. The van der Waals surface area contributed by atoms with Crippen molar-refractivity contribution >= 4 is 5.91 Å². The molecule has 0 fully saturated rings. The fourth-order valence-corrected chi connectivity index (χ4v) is 1.37. The number of nitrogens with one attached hydrogen (secondary N) is 2. The zero-order chi connectivity index (χ0) is 12.7. The first-order chi connectivity index (χ1) is 8.19. The lowest BCUT2D eigenvalue weighted by atomic mass is 10.2. The summed E-state index contributed by atoms with van der Waals surface area (Å²) in [6.45, 7) is 4.10. The van der Waals surface area contributed by atoms with Crippen LogP contribution < -0.4 is 15.4 Å². The molecule has 0 unspecified atom stereocenters. The van der Waals surface area contributed by atoms with Crippen molar-refractivity contribution in [2.24, 2.45) is 0 Å². The zero-order valence-electron chi connectivity index (χ0n) is 10.1. The Morgan fingerprint density at radius 2 is 2.18 bits per heavy atom. The van der Waals surface area contributed by atoms with Crippen LogP contribution in [0.1, 0.15) is 17.3 Å². The van der Waals surface area contributed by atoms with Gasteiger partial charge >= 0.3 is 0 Å². The smallest absolute Gasteiger partial charge is 0.255 e. The van der Waals surface area contributed by atoms with Crippen molar-refractivity contribution in [3.8, 4) is 11.5 Å². The Morgan fingerprint density at radius 1 is 1.41 bits per heavy atom. The summed E-state index contributed by atoms with van der Waals surface area (Å²) in [7, 11) is 1.50. The van der Waals surface area contributed by atoms with Gasteiger partial charge in [0.05, 0.1) is 12.7 Å². The van der Waals surface area contributed by atoms with E-state index in [1.54, 1.807) is 6.07 Å². The van der Waals surface area contributed by atoms with E-state index in [1.165, 1.54) is 19.2 Å². The highest BCUT2D eigenvalue weighted by Gasteiger charge is 2.10. The molecule has 0 saturated carbocycles. The summed E-state index contributed by atoms with van der Waals surface area (Å²) in [6, 6.07) is 4.59. The number of carbonyl (C=O) groups excluding carboxylic acids is 1. The SMILES string of the molecule is CCNCCNC(=O)c1ccc(OC)cc1O. The third-order valence-corrected chi connectivity index (χ3v) is 2.29. The molecule has 0 aliphatic rings. The summed E-state index contributed by atoms with van der Waals surface area (Å²) in [5.74, 6) is 0.153. The Hall–Kier alpha value is -1.75. The fraction of sp³-hybridized carbons (Fsp3) is 0.417. The van der Waals surface area contributed by atoms with Crippen molar-refractivity contribution < 1.29 is 14.6 Å². The molecule has 0 heterocycles. The normalized spacial score (nSPS) is 10.0. The molecule has 1 amide bonds. The van der Waals surface area contributed by atoms with Crippen molar-refractivity contribution in [1.82, 2.24) is 10.6 Å². The zero-order valence-corrected chi connectivity index (χ0v) is 10.1. The molecule has 1 aromatic rings. The summed E-state index contributed by atoms with van der Waals surface area (Å²) in [5.41, 5.74) is 0.252. The van der Waals surface area contributed by atoms with Gasteiger partial charge in [-0.3, -0.25) is 4.79 Å². The van der Waals surface area contributed by atoms with Gasteiger partial charge in [-0.05, 0) is 18.7 Å². The fourth-order valence-electron chi connectivity index (χ4n) is 1.37. The third-order valence-electron chi connectivity index (χ3n) is 2.29. The molecule has 17 heavy (non-hydrogen) atoms. The number of hydrogen-bond acceptors (Lipinski definition) is 4. The Bertz CT molecular complexity index is 380. The molecule has 94 valence electrons. The molecule has 0 aliphatic heterocycles. The van der Waals surface area contributed by atoms with Gasteiger partial charge in [0, 0.05) is 19.2 Å². The summed E-state index contributed by atoms with van der Waals surface area (Å²) < 4.78 is 4.94. The molecule has 0 atom stereocenters. The highest BCUT2D eigenvalue weighted by molar-refractivity contribution is 5.96.